The third-order valence-corrected chi connectivity index (χ3v) is 7.64. The maximum atomic E-state index is 13.7. The van der Waals surface area contributed by atoms with E-state index in [4.69, 9.17) is 0 Å². The lowest BCUT2D eigenvalue weighted by atomic mass is 9.96. The molecule has 5 amide bonds. The van der Waals surface area contributed by atoms with E-state index in [-0.39, 0.29) is 55.6 Å². The molecular formula is C30H47ClN6O5. The summed E-state index contributed by atoms with van der Waals surface area (Å²) in [5.41, 5.74) is 0.870. The number of hydrogen-bond donors (Lipinski definition) is 5. The van der Waals surface area contributed by atoms with Gasteiger partial charge in [0.25, 0.3) is 0 Å². The molecule has 0 aliphatic carbocycles. The van der Waals surface area contributed by atoms with E-state index >= 15 is 0 Å². The van der Waals surface area contributed by atoms with Crippen molar-refractivity contribution in [3.05, 3.63) is 35.9 Å². The lowest BCUT2D eigenvalue weighted by molar-refractivity contribution is -0.141. The van der Waals surface area contributed by atoms with E-state index in [0.29, 0.717) is 25.7 Å². The minimum absolute atomic E-state index is 0. The largest absolute Gasteiger partial charge is 0.350 e. The predicted octanol–water partition coefficient (Wildman–Crippen LogP) is 0.908. The lowest BCUT2D eigenvalue weighted by Crippen LogP contribution is -2.57. The molecule has 42 heavy (non-hydrogen) atoms. The lowest BCUT2D eigenvalue weighted by Gasteiger charge is -2.32. The summed E-state index contributed by atoms with van der Waals surface area (Å²) in [4.78, 5) is 68.3. The third-order valence-electron chi connectivity index (χ3n) is 7.64. The van der Waals surface area contributed by atoms with Crippen LogP contribution >= 0.6 is 12.4 Å². The molecule has 11 nitrogen and oxygen atoms in total. The number of nitrogens with one attached hydrogen (secondary N) is 5. The Morgan fingerprint density at radius 3 is 2.14 bits per heavy atom. The Kier molecular flexibility index (Phi) is 14.2. The Morgan fingerprint density at radius 2 is 1.52 bits per heavy atom. The van der Waals surface area contributed by atoms with Gasteiger partial charge in [0.05, 0.1) is 6.54 Å². The first-order chi connectivity index (χ1) is 19.6. The van der Waals surface area contributed by atoms with Gasteiger partial charge >= 0.3 is 0 Å². The minimum atomic E-state index is -0.923. The summed E-state index contributed by atoms with van der Waals surface area (Å²) in [5.74, 6) is -2.11. The van der Waals surface area contributed by atoms with E-state index in [1.165, 1.54) is 4.90 Å². The van der Waals surface area contributed by atoms with Gasteiger partial charge in [0.1, 0.15) is 18.1 Å². The average molecular weight is 607 g/mol. The van der Waals surface area contributed by atoms with Crippen LogP contribution in [0.15, 0.2) is 30.3 Å². The Balaban J connectivity index is 0.00000616. The molecule has 2 aliphatic heterocycles. The van der Waals surface area contributed by atoms with Gasteiger partial charge in [0, 0.05) is 24.9 Å². The second-order valence-corrected chi connectivity index (χ2v) is 11.6. The van der Waals surface area contributed by atoms with Gasteiger partial charge in [-0.15, -0.1) is 12.4 Å². The molecule has 3 rings (SSSR count). The summed E-state index contributed by atoms with van der Waals surface area (Å²) in [7, 11) is 0. The highest BCUT2D eigenvalue weighted by molar-refractivity contribution is 5.95. The van der Waals surface area contributed by atoms with Gasteiger partial charge in [0.2, 0.25) is 29.5 Å². The molecule has 4 atom stereocenters. The fraction of sp³-hybridized carbons (Fsp3) is 0.633. The average Bonchev–Trinajstić information content (AvgIpc) is 2.95. The van der Waals surface area contributed by atoms with Gasteiger partial charge in [0.15, 0.2) is 0 Å². The van der Waals surface area contributed by atoms with E-state index in [2.05, 4.69) is 26.6 Å². The van der Waals surface area contributed by atoms with Crippen molar-refractivity contribution in [3.63, 3.8) is 0 Å². The van der Waals surface area contributed by atoms with E-state index < -0.39 is 41.9 Å². The van der Waals surface area contributed by atoms with Gasteiger partial charge in [-0.2, -0.15) is 0 Å². The standard InChI is InChI=1S/C30H46N6O5.ClH/c1-5-23-17-36(30(41)22-11-13-31-14-12-22)18-26(37)32-20(4)27(38)34-24(15-19(2)3)29(40)35-25(28(39)33-23)16-21-9-7-6-8-10-21;/h6-10,19-20,22-25,31H,5,11-18H2,1-4H3,(H,32,37)(H,33,39)(H,34,38)(H,35,40);1H/t20-,23+,24+,25+;/m1./s1. The van der Waals surface area contributed by atoms with Crippen LogP contribution < -0.4 is 26.6 Å². The Morgan fingerprint density at radius 1 is 0.905 bits per heavy atom. The number of carbonyl (C=O) groups is 5. The molecule has 2 saturated heterocycles. The first kappa shape index (κ1) is 35.0. The summed E-state index contributed by atoms with van der Waals surface area (Å²) >= 11 is 0. The molecule has 0 spiro atoms. The molecule has 0 bridgehead atoms. The van der Waals surface area contributed by atoms with Crippen molar-refractivity contribution in [1.82, 2.24) is 31.5 Å². The Bertz CT molecular complexity index is 1070. The summed E-state index contributed by atoms with van der Waals surface area (Å²) in [6.07, 6.45) is 2.46. The highest BCUT2D eigenvalue weighted by Crippen LogP contribution is 2.16. The molecule has 1 aromatic rings. The van der Waals surface area contributed by atoms with Crippen LogP contribution in [0.5, 0.6) is 0 Å². The number of hydrogen-bond acceptors (Lipinski definition) is 6. The molecule has 0 saturated carbocycles. The van der Waals surface area contributed by atoms with E-state index in [9.17, 15) is 24.0 Å². The van der Waals surface area contributed by atoms with Crippen molar-refractivity contribution in [2.24, 2.45) is 11.8 Å². The zero-order valence-electron chi connectivity index (χ0n) is 25.1. The number of piperidine rings is 1. The van der Waals surface area contributed by atoms with Crippen LogP contribution in [0.4, 0.5) is 0 Å². The predicted molar refractivity (Wildman–Crippen MR) is 163 cm³/mol. The van der Waals surface area contributed by atoms with Gasteiger partial charge in [-0.25, -0.2) is 0 Å². The minimum Gasteiger partial charge on any atom is -0.350 e. The number of benzene rings is 1. The van der Waals surface area contributed by atoms with Crippen LogP contribution in [0.2, 0.25) is 0 Å². The summed E-state index contributed by atoms with van der Waals surface area (Å²) in [6, 6.07) is 6.24. The maximum Gasteiger partial charge on any atom is 0.243 e. The fourth-order valence-electron chi connectivity index (χ4n) is 5.26. The quantitative estimate of drug-likeness (QED) is 0.325. The van der Waals surface area contributed by atoms with Crippen molar-refractivity contribution < 1.29 is 24.0 Å². The van der Waals surface area contributed by atoms with Gasteiger partial charge in [-0.1, -0.05) is 51.1 Å². The van der Waals surface area contributed by atoms with Gasteiger partial charge in [-0.05, 0) is 57.2 Å². The number of nitrogens with zero attached hydrogens (tertiary/aromatic N) is 1. The van der Waals surface area contributed by atoms with Crippen molar-refractivity contribution >= 4 is 41.9 Å². The SMILES string of the molecule is CC[C@H]1CN(C(=O)C2CCNCC2)CC(=O)N[C@H](C)C(=O)N[C@@H](CC(C)C)C(=O)N[C@@H](Cc2ccccc2)C(=O)N1.Cl. The zero-order valence-corrected chi connectivity index (χ0v) is 25.9. The summed E-state index contributed by atoms with van der Waals surface area (Å²) < 4.78 is 0. The molecule has 2 heterocycles. The van der Waals surface area contributed by atoms with Crippen molar-refractivity contribution in [3.8, 4) is 0 Å². The first-order valence-electron chi connectivity index (χ1n) is 14.8. The Labute approximate surface area is 255 Å². The highest BCUT2D eigenvalue weighted by Gasteiger charge is 2.33. The zero-order chi connectivity index (χ0) is 29.9. The second kappa shape index (κ2) is 17.1. The van der Waals surface area contributed by atoms with Crippen LogP contribution in [-0.4, -0.2) is 84.8 Å². The number of halogens is 1. The molecule has 1 aromatic carbocycles. The highest BCUT2D eigenvalue weighted by atomic mass is 35.5. The summed E-state index contributed by atoms with van der Waals surface area (Å²) in [5, 5.41) is 14.6. The van der Waals surface area contributed by atoms with E-state index in [1.807, 2.05) is 51.1 Å². The maximum absolute atomic E-state index is 13.7. The first-order valence-corrected chi connectivity index (χ1v) is 14.8. The monoisotopic (exact) mass is 606 g/mol. The molecule has 0 aromatic heterocycles. The summed E-state index contributed by atoms with van der Waals surface area (Å²) in [6.45, 7) is 8.68. The van der Waals surface area contributed by atoms with Crippen molar-refractivity contribution in [1.29, 1.82) is 0 Å². The number of carbonyl (C=O) groups excluding carboxylic acids is 5. The number of rotatable bonds is 6. The topological polar surface area (TPSA) is 149 Å². The van der Waals surface area contributed by atoms with Gasteiger partial charge < -0.3 is 31.5 Å². The second-order valence-electron chi connectivity index (χ2n) is 11.6. The normalized spacial score (nSPS) is 25.2. The number of amides is 5. The molecule has 5 N–H and O–H groups in total. The van der Waals surface area contributed by atoms with Crippen LogP contribution in [0, 0.1) is 11.8 Å². The van der Waals surface area contributed by atoms with E-state index in [1.54, 1.807) is 6.92 Å². The molecule has 2 fully saturated rings. The third kappa shape index (κ3) is 10.6. The van der Waals surface area contributed by atoms with Crippen LogP contribution in [0.3, 0.4) is 0 Å². The van der Waals surface area contributed by atoms with E-state index in [0.717, 1.165) is 18.7 Å². The molecule has 2 aliphatic rings. The van der Waals surface area contributed by atoms with Crippen molar-refractivity contribution in [2.75, 3.05) is 26.2 Å². The molecule has 12 heteroatoms. The Hall–Kier alpha value is -3.18. The molecule has 234 valence electrons. The van der Waals surface area contributed by atoms with Crippen LogP contribution in [0.1, 0.15) is 58.9 Å². The van der Waals surface area contributed by atoms with Crippen LogP contribution in [0.25, 0.3) is 0 Å². The molecular weight excluding hydrogens is 560 g/mol. The smallest absolute Gasteiger partial charge is 0.243 e. The van der Waals surface area contributed by atoms with Crippen molar-refractivity contribution in [2.45, 2.75) is 84.0 Å². The van der Waals surface area contributed by atoms with Crippen LogP contribution in [-0.2, 0) is 30.4 Å². The molecule has 0 unspecified atom stereocenters. The molecule has 0 radical (unpaired) electrons. The fourth-order valence-corrected chi connectivity index (χ4v) is 5.26. The van der Waals surface area contributed by atoms with Gasteiger partial charge in [-0.3, -0.25) is 24.0 Å².